The molecule has 0 aromatic heterocycles. The van der Waals surface area contributed by atoms with Crippen molar-refractivity contribution >= 4 is 17.6 Å². The minimum absolute atomic E-state index is 0.154. The lowest BCUT2D eigenvalue weighted by molar-refractivity contribution is -0.385. The van der Waals surface area contributed by atoms with Crippen LogP contribution in [0.4, 0.5) is 10.1 Å². The van der Waals surface area contributed by atoms with E-state index < -0.39 is 10.7 Å². The van der Waals surface area contributed by atoms with Gasteiger partial charge in [0.25, 0.3) is 5.69 Å². The zero-order valence-corrected chi connectivity index (χ0v) is 10.5. The van der Waals surface area contributed by atoms with Gasteiger partial charge in [-0.15, -0.1) is 0 Å². The summed E-state index contributed by atoms with van der Waals surface area (Å²) in [6.45, 7) is 0. The predicted octanol–water partition coefficient (Wildman–Crippen LogP) is 3.70. The van der Waals surface area contributed by atoms with Crippen molar-refractivity contribution in [1.29, 1.82) is 10.8 Å². The number of nitro groups is 1. The Kier molecular flexibility index (Phi) is 5.78. The monoisotopic (exact) mass is 265 g/mol. The summed E-state index contributed by atoms with van der Waals surface area (Å²) in [5.41, 5.74) is -0.0236. The number of nitro benzene ring substituents is 1. The van der Waals surface area contributed by atoms with Gasteiger partial charge in [-0.3, -0.25) is 10.1 Å². The molecule has 1 rings (SSSR count). The molecule has 0 aliphatic rings. The minimum atomic E-state index is -0.672. The largest absolute Gasteiger partial charge is 0.313 e. The van der Waals surface area contributed by atoms with E-state index in [1.54, 1.807) is 0 Å². The van der Waals surface area contributed by atoms with Gasteiger partial charge in [0.2, 0.25) is 0 Å². The molecule has 0 saturated heterocycles. The van der Waals surface area contributed by atoms with Crippen LogP contribution in [-0.4, -0.2) is 16.8 Å². The normalized spacial score (nSPS) is 10.2. The molecule has 1 aromatic rings. The van der Waals surface area contributed by atoms with Gasteiger partial charge >= 0.3 is 0 Å². The Morgan fingerprint density at radius 1 is 1.37 bits per heavy atom. The van der Waals surface area contributed by atoms with E-state index in [-0.39, 0.29) is 17.0 Å². The molecule has 0 unspecified atom stereocenters. The molecule has 0 aliphatic carbocycles. The van der Waals surface area contributed by atoms with Gasteiger partial charge in [-0.2, -0.15) is 0 Å². The van der Waals surface area contributed by atoms with Gasteiger partial charge in [-0.05, 0) is 44.0 Å². The summed E-state index contributed by atoms with van der Waals surface area (Å²) in [5.74, 6) is -0.672. The fourth-order valence-corrected chi connectivity index (χ4v) is 1.77. The van der Waals surface area contributed by atoms with Gasteiger partial charge in [0.05, 0.1) is 16.6 Å². The lowest BCUT2D eigenvalue weighted by atomic mass is 10.0. The number of nitrogens with one attached hydrogen (secondary N) is 2. The zero-order valence-electron chi connectivity index (χ0n) is 10.5. The molecule has 0 radical (unpaired) electrons. The van der Waals surface area contributed by atoms with Crippen LogP contribution < -0.4 is 0 Å². The Bertz CT molecular complexity index is 489. The summed E-state index contributed by atoms with van der Waals surface area (Å²) in [5, 5.41) is 25.5. The van der Waals surface area contributed by atoms with Crippen molar-refractivity contribution in [3.63, 3.8) is 0 Å². The molecule has 5 nitrogen and oxygen atoms in total. The van der Waals surface area contributed by atoms with Crippen molar-refractivity contribution in [2.24, 2.45) is 0 Å². The molecule has 0 bridgehead atoms. The first kappa shape index (κ1) is 14.9. The van der Waals surface area contributed by atoms with Crippen LogP contribution in [0.2, 0.25) is 0 Å². The van der Waals surface area contributed by atoms with Gasteiger partial charge < -0.3 is 10.8 Å². The lowest BCUT2D eigenvalue weighted by Crippen LogP contribution is -2.04. The molecule has 0 fully saturated rings. The maximum Gasteiger partial charge on any atom is 0.281 e. The summed E-state index contributed by atoms with van der Waals surface area (Å²) in [6.07, 6.45) is 4.96. The topological polar surface area (TPSA) is 90.8 Å². The third-order valence-electron chi connectivity index (χ3n) is 2.76. The lowest BCUT2D eigenvalue weighted by Gasteiger charge is -2.05. The molecule has 0 amide bonds. The van der Waals surface area contributed by atoms with Gasteiger partial charge in [-0.1, -0.05) is 6.42 Å². The first-order valence-electron chi connectivity index (χ1n) is 6.07. The predicted molar refractivity (Wildman–Crippen MR) is 71.8 cm³/mol. The van der Waals surface area contributed by atoms with Crippen LogP contribution in [0.25, 0.3) is 0 Å². The molecule has 102 valence electrons. The molecular weight excluding hydrogens is 249 g/mol. The summed E-state index contributed by atoms with van der Waals surface area (Å²) < 4.78 is 13.0. The quantitative estimate of drug-likeness (QED) is 0.324. The average molecular weight is 265 g/mol. The fraction of sp³-hybridized carbons (Fsp3) is 0.385. The van der Waals surface area contributed by atoms with Crippen molar-refractivity contribution in [3.8, 4) is 0 Å². The standard InChI is InChI=1S/C13H16FN3O2/c14-10-6-7-11(13(9-10)17(18)19)12(16)5-3-1-2-4-8-15/h6-9,15-16H,1-5H2. The van der Waals surface area contributed by atoms with Crippen LogP contribution in [-0.2, 0) is 0 Å². The Morgan fingerprint density at radius 2 is 2.11 bits per heavy atom. The Balaban J connectivity index is 2.66. The number of unbranched alkanes of at least 4 members (excludes halogenated alkanes) is 3. The van der Waals surface area contributed by atoms with E-state index in [0.717, 1.165) is 31.4 Å². The highest BCUT2D eigenvalue weighted by molar-refractivity contribution is 6.01. The molecule has 0 heterocycles. The maximum atomic E-state index is 13.0. The molecule has 0 spiro atoms. The van der Waals surface area contributed by atoms with Crippen LogP contribution >= 0.6 is 0 Å². The number of nitrogens with zero attached hydrogens (tertiary/aromatic N) is 1. The second-order valence-electron chi connectivity index (χ2n) is 4.20. The molecule has 2 N–H and O–H groups in total. The van der Waals surface area contributed by atoms with Crippen LogP contribution in [0.15, 0.2) is 18.2 Å². The van der Waals surface area contributed by atoms with E-state index in [4.69, 9.17) is 10.8 Å². The van der Waals surface area contributed by atoms with E-state index >= 15 is 0 Å². The summed E-state index contributed by atoms with van der Waals surface area (Å²) >= 11 is 0. The third-order valence-corrected chi connectivity index (χ3v) is 2.76. The molecule has 0 atom stereocenters. The minimum Gasteiger partial charge on any atom is -0.313 e. The number of halogens is 1. The van der Waals surface area contributed by atoms with Crippen molar-refractivity contribution in [1.82, 2.24) is 0 Å². The average Bonchev–Trinajstić information content (AvgIpc) is 2.38. The van der Waals surface area contributed by atoms with Gasteiger partial charge in [0.1, 0.15) is 5.82 Å². The number of hydrogen-bond acceptors (Lipinski definition) is 4. The second-order valence-corrected chi connectivity index (χ2v) is 4.20. The zero-order chi connectivity index (χ0) is 14.3. The van der Waals surface area contributed by atoms with E-state index in [0.29, 0.717) is 12.8 Å². The maximum absolute atomic E-state index is 13.0. The summed E-state index contributed by atoms with van der Waals surface area (Å²) in [4.78, 5) is 10.1. The highest BCUT2D eigenvalue weighted by Gasteiger charge is 2.17. The van der Waals surface area contributed by atoms with Crippen LogP contribution in [0.1, 0.15) is 37.7 Å². The molecule has 0 aliphatic heterocycles. The van der Waals surface area contributed by atoms with Gasteiger partial charge in [0, 0.05) is 5.71 Å². The molecule has 0 saturated carbocycles. The Morgan fingerprint density at radius 3 is 2.74 bits per heavy atom. The third kappa shape index (κ3) is 4.57. The first-order valence-corrected chi connectivity index (χ1v) is 6.07. The Hall–Kier alpha value is -2.11. The van der Waals surface area contributed by atoms with Gasteiger partial charge in [-0.25, -0.2) is 4.39 Å². The summed E-state index contributed by atoms with van der Waals surface area (Å²) in [6, 6.07) is 3.26. The fourth-order valence-electron chi connectivity index (χ4n) is 1.77. The SMILES string of the molecule is N=CCCCCCC(=N)c1ccc(F)cc1[N+](=O)[O-]. The number of rotatable bonds is 8. The Labute approximate surface area is 110 Å². The van der Waals surface area contributed by atoms with E-state index in [1.807, 2.05) is 0 Å². The van der Waals surface area contributed by atoms with E-state index in [9.17, 15) is 14.5 Å². The van der Waals surface area contributed by atoms with Crippen LogP contribution in [0.5, 0.6) is 0 Å². The number of benzene rings is 1. The van der Waals surface area contributed by atoms with Crippen molar-refractivity contribution in [2.45, 2.75) is 32.1 Å². The van der Waals surface area contributed by atoms with Gasteiger partial charge in [0.15, 0.2) is 0 Å². The molecule has 6 heteroatoms. The van der Waals surface area contributed by atoms with Crippen molar-refractivity contribution < 1.29 is 9.31 Å². The van der Waals surface area contributed by atoms with E-state index in [2.05, 4.69) is 0 Å². The highest BCUT2D eigenvalue weighted by atomic mass is 19.1. The first-order chi connectivity index (χ1) is 9.06. The molecular formula is C13H16FN3O2. The molecule has 1 aromatic carbocycles. The van der Waals surface area contributed by atoms with Crippen molar-refractivity contribution in [3.05, 3.63) is 39.7 Å². The smallest absolute Gasteiger partial charge is 0.281 e. The summed E-state index contributed by atoms with van der Waals surface area (Å²) in [7, 11) is 0. The van der Waals surface area contributed by atoms with E-state index in [1.165, 1.54) is 12.3 Å². The molecule has 19 heavy (non-hydrogen) atoms. The second kappa shape index (κ2) is 7.35. The van der Waals surface area contributed by atoms with Crippen LogP contribution in [0.3, 0.4) is 0 Å². The van der Waals surface area contributed by atoms with Crippen molar-refractivity contribution in [2.75, 3.05) is 0 Å². The highest BCUT2D eigenvalue weighted by Crippen LogP contribution is 2.22. The number of hydrogen-bond donors (Lipinski definition) is 2. The van der Waals surface area contributed by atoms with Crippen LogP contribution in [0, 0.1) is 26.8 Å².